The summed E-state index contributed by atoms with van der Waals surface area (Å²) >= 11 is 0. The van der Waals surface area contributed by atoms with Gasteiger partial charge < -0.3 is 10.3 Å². The number of hydrogen-bond acceptors (Lipinski definition) is 4. The summed E-state index contributed by atoms with van der Waals surface area (Å²) in [6.07, 6.45) is 1.53. The zero-order chi connectivity index (χ0) is 14.9. The lowest BCUT2D eigenvalue weighted by atomic mass is 10.1. The second-order valence-electron chi connectivity index (χ2n) is 5.55. The summed E-state index contributed by atoms with van der Waals surface area (Å²) in [5.74, 6) is 0.445. The number of aromatic nitrogens is 1. The van der Waals surface area contributed by atoms with Crippen LogP contribution in [0.4, 0.5) is 0 Å². The van der Waals surface area contributed by atoms with Gasteiger partial charge in [0.05, 0.1) is 11.5 Å². The van der Waals surface area contributed by atoms with Gasteiger partial charge in [0, 0.05) is 23.7 Å². The minimum atomic E-state index is -2.93. The maximum absolute atomic E-state index is 12.0. The van der Waals surface area contributed by atoms with Crippen LogP contribution in [-0.4, -0.2) is 30.9 Å². The van der Waals surface area contributed by atoms with Gasteiger partial charge in [0.2, 0.25) is 0 Å². The van der Waals surface area contributed by atoms with Crippen molar-refractivity contribution in [2.45, 2.75) is 25.4 Å². The Morgan fingerprint density at radius 1 is 1.29 bits per heavy atom. The number of hydrogen-bond donors (Lipinski definition) is 2. The van der Waals surface area contributed by atoms with Crippen molar-refractivity contribution in [1.29, 1.82) is 0 Å². The molecule has 2 heterocycles. The fraction of sp³-hybridized carbons (Fsp3) is 0.400. The highest BCUT2D eigenvalue weighted by Gasteiger charge is 2.24. The summed E-state index contributed by atoms with van der Waals surface area (Å²) in [6.45, 7) is 0.389. The highest BCUT2D eigenvalue weighted by atomic mass is 32.2. The Morgan fingerprint density at radius 3 is 2.90 bits per heavy atom. The third-order valence-electron chi connectivity index (χ3n) is 3.87. The zero-order valence-corrected chi connectivity index (χ0v) is 12.4. The second-order valence-corrected chi connectivity index (χ2v) is 7.77. The van der Waals surface area contributed by atoms with E-state index in [1.54, 1.807) is 0 Å². The van der Waals surface area contributed by atoms with Gasteiger partial charge in [0.25, 0.3) is 5.56 Å². The maximum Gasteiger partial charge on any atom is 0.252 e. The van der Waals surface area contributed by atoms with Crippen LogP contribution < -0.4 is 10.9 Å². The van der Waals surface area contributed by atoms with Gasteiger partial charge in [-0.1, -0.05) is 18.2 Å². The number of nitrogens with one attached hydrogen (secondary N) is 2. The summed E-state index contributed by atoms with van der Waals surface area (Å²) in [7, 11) is -2.93. The van der Waals surface area contributed by atoms with Crippen LogP contribution in [0.2, 0.25) is 0 Å². The molecule has 21 heavy (non-hydrogen) atoms. The van der Waals surface area contributed by atoms with Crippen LogP contribution in [0, 0.1) is 0 Å². The van der Waals surface area contributed by atoms with Crippen LogP contribution in [-0.2, 0) is 16.4 Å². The van der Waals surface area contributed by atoms with Crippen LogP contribution >= 0.6 is 0 Å². The van der Waals surface area contributed by atoms with Crippen LogP contribution in [0.15, 0.2) is 35.1 Å². The van der Waals surface area contributed by atoms with Gasteiger partial charge in [0.1, 0.15) is 0 Å². The van der Waals surface area contributed by atoms with Crippen molar-refractivity contribution in [3.05, 3.63) is 46.2 Å². The fourth-order valence-electron chi connectivity index (χ4n) is 2.76. The Morgan fingerprint density at radius 2 is 2.10 bits per heavy atom. The number of benzene rings is 1. The molecule has 1 aliphatic heterocycles. The molecular weight excluding hydrogens is 288 g/mol. The van der Waals surface area contributed by atoms with Gasteiger partial charge in [-0.3, -0.25) is 4.79 Å². The molecule has 1 aliphatic rings. The van der Waals surface area contributed by atoms with Gasteiger partial charge in [-0.25, -0.2) is 8.42 Å². The molecule has 1 unspecified atom stereocenters. The first kappa shape index (κ1) is 14.3. The molecule has 1 atom stereocenters. The van der Waals surface area contributed by atoms with Crippen LogP contribution in [0.3, 0.4) is 0 Å². The Balaban J connectivity index is 1.76. The highest BCUT2D eigenvalue weighted by molar-refractivity contribution is 7.91. The first-order chi connectivity index (χ1) is 10.0. The molecule has 0 aliphatic carbocycles. The van der Waals surface area contributed by atoms with Crippen molar-refractivity contribution in [3.8, 4) is 0 Å². The topological polar surface area (TPSA) is 79.0 Å². The molecule has 0 radical (unpaired) electrons. The fourth-order valence-corrected chi connectivity index (χ4v) is 4.43. The minimum Gasteiger partial charge on any atom is -0.322 e. The molecule has 112 valence electrons. The van der Waals surface area contributed by atoms with Crippen LogP contribution in [0.25, 0.3) is 10.9 Å². The van der Waals surface area contributed by atoms with E-state index in [0.29, 0.717) is 18.5 Å². The summed E-state index contributed by atoms with van der Waals surface area (Å²) in [5, 5.41) is 4.18. The zero-order valence-electron chi connectivity index (χ0n) is 11.6. The van der Waals surface area contributed by atoms with Gasteiger partial charge in [0.15, 0.2) is 9.84 Å². The van der Waals surface area contributed by atoms with E-state index >= 15 is 0 Å². The molecule has 6 heteroatoms. The number of fused-ring (bicyclic) bond motifs is 1. The van der Waals surface area contributed by atoms with Gasteiger partial charge in [-0.15, -0.1) is 0 Å². The van der Waals surface area contributed by atoms with Crippen molar-refractivity contribution in [3.63, 3.8) is 0 Å². The third-order valence-corrected chi connectivity index (χ3v) is 5.70. The summed E-state index contributed by atoms with van der Waals surface area (Å²) in [6, 6.07) is 9.41. The molecule has 0 amide bonds. The number of para-hydroxylation sites is 1. The molecular formula is C15H18N2O3S. The monoisotopic (exact) mass is 306 g/mol. The molecule has 1 fully saturated rings. The predicted octanol–water partition coefficient (Wildman–Crippen LogP) is 1.19. The van der Waals surface area contributed by atoms with Crippen LogP contribution in [0.5, 0.6) is 0 Å². The summed E-state index contributed by atoms with van der Waals surface area (Å²) < 4.78 is 23.2. The van der Waals surface area contributed by atoms with E-state index in [1.165, 1.54) is 0 Å². The minimum absolute atomic E-state index is 0.0605. The summed E-state index contributed by atoms with van der Waals surface area (Å²) in [5.41, 5.74) is 1.32. The standard InChI is InChI=1S/C15H18N2O3S/c18-15-12(8-11-4-1-2-6-14(11)17-15)9-16-13-5-3-7-21(19,20)10-13/h1-2,4,6,8,13,16H,3,5,7,9-10H2,(H,17,18). The smallest absolute Gasteiger partial charge is 0.252 e. The molecule has 1 aromatic carbocycles. The van der Waals surface area contributed by atoms with E-state index in [1.807, 2.05) is 30.3 Å². The van der Waals surface area contributed by atoms with Crippen molar-refractivity contribution in [2.75, 3.05) is 11.5 Å². The van der Waals surface area contributed by atoms with Gasteiger partial charge in [-0.05, 0) is 30.4 Å². The molecule has 0 bridgehead atoms. The van der Waals surface area contributed by atoms with E-state index < -0.39 is 9.84 Å². The average molecular weight is 306 g/mol. The molecule has 1 aromatic heterocycles. The molecule has 1 saturated heterocycles. The van der Waals surface area contributed by atoms with Crippen molar-refractivity contribution < 1.29 is 8.42 Å². The van der Waals surface area contributed by atoms with E-state index in [2.05, 4.69) is 10.3 Å². The lowest BCUT2D eigenvalue weighted by Crippen LogP contribution is -2.40. The molecule has 2 N–H and O–H groups in total. The Kier molecular flexibility index (Phi) is 3.82. The van der Waals surface area contributed by atoms with E-state index in [-0.39, 0.29) is 23.1 Å². The largest absolute Gasteiger partial charge is 0.322 e. The molecule has 5 nitrogen and oxygen atoms in total. The number of H-pyrrole nitrogens is 1. The molecule has 0 saturated carbocycles. The van der Waals surface area contributed by atoms with E-state index in [4.69, 9.17) is 0 Å². The van der Waals surface area contributed by atoms with E-state index in [9.17, 15) is 13.2 Å². The van der Waals surface area contributed by atoms with Gasteiger partial charge in [-0.2, -0.15) is 0 Å². The normalized spacial score (nSPS) is 21.4. The number of rotatable bonds is 3. The Hall–Kier alpha value is -1.66. The molecule has 3 rings (SSSR count). The first-order valence-corrected chi connectivity index (χ1v) is 8.90. The summed E-state index contributed by atoms with van der Waals surface area (Å²) in [4.78, 5) is 14.9. The quantitative estimate of drug-likeness (QED) is 0.893. The third kappa shape index (κ3) is 3.33. The van der Waals surface area contributed by atoms with E-state index in [0.717, 1.165) is 17.3 Å². The van der Waals surface area contributed by atoms with Crippen molar-refractivity contribution in [2.24, 2.45) is 0 Å². The first-order valence-electron chi connectivity index (χ1n) is 7.08. The lowest BCUT2D eigenvalue weighted by molar-refractivity contribution is 0.479. The average Bonchev–Trinajstić information content (AvgIpc) is 2.44. The second kappa shape index (κ2) is 5.61. The van der Waals surface area contributed by atoms with Gasteiger partial charge >= 0.3 is 0 Å². The Bertz CT molecular complexity index is 811. The molecule has 2 aromatic rings. The Labute approximate surface area is 123 Å². The van der Waals surface area contributed by atoms with Crippen LogP contribution in [0.1, 0.15) is 18.4 Å². The van der Waals surface area contributed by atoms with Crippen molar-refractivity contribution in [1.82, 2.24) is 10.3 Å². The molecule has 0 spiro atoms. The number of sulfone groups is 1. The number of pyridine rings is 1. The lowest BCUT2D eigenvalue weighted by Gasteiger charge is -2.23. The maximum atomic E-state index is 12.0. The van der Waals surface area contributed by atoms with Crippen molar-refractivity contribution >= 4 is 20.7 Å². The SMILES string of the molecule is O=c1[nH]c2ccccc2cc1CNC1CCCS(=O)(=O)C1. The number of aromatic amines is 1. The predicted molar refractivity (Wildman–Crippen MR) is 83.1 cm³/mol. The highest BCUT2D eigenvalue weighted by Crippen LogP contribution is 2.13.